The van der Waals surface area contributed by atoms with Crippen molar-refractivity contribution in [2.75, 3.05) is 24.1 Å². The van der Waals surface area contributed by atoms with Crippen LogP contribution < -0.4 is 21.1 Å². The first kappa shape index (κ1) is 14.4. The van der Waals surface area contributed by atoms with Crippen molar-refractivity contribution >= 4 is 17.3 Å². The van der Waals surface area contributed by atoms with Crippen molar-refractivity contribution in [1.29, 1.82) is 0 Å². The smallest absolute Gasteiger partial charge is 0.255 e. The zero-order valence-electron chi connectivity index (χ0n) is 12.2. The number of nitrogens with two attached hydrogens (primary N) is 1. The topological polar surface area (TPSA) is 76.4 Å². The lowest BCUT2D eigenvalue weighted by molar-refractivity contribution is 0.102. The number of benzene rings is 2. The lowest BCUT2D eigenvalue weighted by Crippen LogP contribution is -2.19. The van der Waals surface area contributed by atoms with E-state index >= 15 is 0 Å². The van der Waals surface area contributed by atoms with Crippen molar-refractivity contribution in [2.24, 2.45) is 0 Å². The number of para-hydroxylation sites is 2. The Kier molecular flexibility index (Phi) is 4.25. The van der Waals surface area contributed by atoms with Gasteiger partial charge in [0.15, 0.2) is 0 Å². The number of rotatable bonds is 4. The van der Waals surface area contributed by atoms with Gasteiger partial charge in [0.05, 0.1) is 11.4 Å². The highest BCUT2D eigenvalue weighted by Crippen LogP contribution is 2.20. The van der Waals surface area contributed by atoms with Gasteiger partial charge >= 0.3 is 0 Å². The molecule has 5 heteroatoms. The Morgan fingerprint density at radius 1 is 1.18 bits per heavy atom. The predicted octanol–water partition coefficient (Wildman–Crippen LogP) is 2.26. The zero-order valence-corrected chi connectivity index (χ0v) is 12.2. The molecule has 4 N–H and O–H groups in total. The van der Waals surface area contributed by atoms with Gasteiger partial charge in [-0.1, -0.05) is 12.1 Å². The highest BCUT2D eigenvalue weighted by Gasteiger charge is 2.16. The molecule has 1 heterocycles. The molecule has 114 valence electrons. The summed E-state index contributed by atoms with van der Waals surface area (Å²) in [6.07, 6.45) is 1.22. The minimum absolute atomic E-state index is 0.188. The third kappa shape index (κ3) is 3.38. The molecule has 1 atom stereocenters. The normalized spacial score (nSPS) is 17.2. The number of hydrogen-bond acceptors (Lipinski definition) is 4. The Morgan fingerprint density at radius 2 is 1.95 bits per heavy atom. The average molecular weight is 297 g/mol. The van der Waals surface area contributed by atoms with Gasteiger partial charge in [-0.15, -0.1) is 0 Å². The van der Waals surface area contributed by atoms with Crippen LogP contribution in [0.4, 0.5) is 11.4 Å². The Hall–Kier alpha value is -2.53. The van der Waals surface area contributed by atoms with E-state index in [9.17, 15) is 4.79 Å². The summed E-state index contributed by atoms with van der Waals surface area (Å²) < 4.78 is 5.83. The fourth-order valence-corrected chi connectivity index (χ4v) is 2.41. The molecule has 0 saturated carbocycles. The van der Waals surface area contributed by atoms with E-state index in [-0.39, 0.29) is 12.0 Å². The molecular formula is C17H19N3O2. The Labute approximate surface area is 129 Å². The SMILES string of the molecule is Nc1ccccc1NC(=O)c1ccc(O[C@H]2CCNC2)cc1. The maximum absolute atomic E-state index is 12.2. The molecule has 0 radical (unpaired) electrons. The average Bonchev–Trinajstić information content (AvgIpc) is 3.03. The molecule has 22 heavy (non-hydrogen) atoms. The van der Waals surface area contributed by atoms with Gasteiger partial charge in [-0.3, -0.25) is 4.79 Å². The van der Waals surface area contributed by atoms with Crippen LogP contribution in [0.1, 0.15) is 16.8 Å². The quantitative estimate of drug-likeness (QED) is 0.757. The third-order valence-electron chi connectivity index (χ3n) is 3.64. The molecule has 1 amide bonds. The van der Waals surface area contributed by atoms with Crippen molar-refractivity contribution in [3.05, 3.63) is 54.1 Å². The van der Waals surface area contributed by atoms with E-state index < -0.39 is 0 Å². The van der Waals surface area contributed by atoms with Crippen LogP contribution in [0.2, 0.25) is 0 Å². The number of anilines is 2. The van der Waals surface area contributed by atoms with Crippen LogP contribution in [0.5, 0.6) is 5.75 Å². The zero-order chi connectivity index (χ0) is 15.4. The van der Waals surface area contributed by atoms with Crippen molar-refractivity contribution in [3.63, 3.8) is 0 Å². The van der Waals surface area contributed by atoms with Crippen molar-refractivity contribution in [3.8, 4) is 5.75 Å². The maximum atomic E-state index is 12.2. The highest BCUT2D eigenvalue weighted by molar-refractivity contribution is 6.05. The van der Waals surface area contributed by atoms with E-state index in [0.717, 1.165) is 25.3 Å². The highest BCUT2D eigenvalue weighted by atomic mass is 16.5. The van der Waals surface area contributed by atoms with Crippen molar-refractivity contribution < 1.29 is 9.53 Å². The van der Waals surface area contributed by atoms with Crippen molar-refractivity contribution in [2.45, 2.75) is 12.5 Å². The fraction of sp³-hybridized carbons (Fsp3) is 0.235. The molecule has 0 unspecified atom stereocenters. The predicted molar refractivity (Wildman–Crippen MR) is 87.2 cm³/mol. The molecule has 2 aromatic carbocycles. The molecule has 0 aromatic heterocycles. The fourth-order valence-electron chi connectivity index (χ4n) is 2.41. The van der Waals surface area contributed by atoms with E-state index in [0.29, 0.717) is 16.9 Å². The van der Waals surface area contributed by atoms with Gasteiger partial charge in [0.25, 0.3) is 5.91 Å². The minimum Gasteiger partial charge on any atom is -0.489 e. The first-order valence-electron chi connectivity index (χ1n) is 7.35. The van der Waals surface area contributed by atoms with Gasteiger partial charge in [-0.05, 0) is 49.4 Å². The van der Waals surface area contributed by atoms with E-state index in [1.165, 1.54) is 0 Å². The summed E-state index contributed by atoms with van der Waals surface area (Å²) in [5, 5.41) is 6.06. The molecule has 0 aliphatic carbocycles. The van der Waals surface area contributed by atoms with E-state index in [1.807, 2.05) is 24.3 Å². The van der Waals surface area contributed by atoms with Gasteiger partial charge in [-0.2, -0.15) is 0 Å². The first-order chi connectivity index (χ1) is 10.7. The molecule has 0 spiro atoms. The third-order valence-corrected chi connectivity index (χ3v) is 3.64. The van der Waals surface area contributed by atoms with Crippen LogP contribution >= 0.6 is 0 Å². The van der Waals surface area contributed by atoms with Gasteiger partial charge in [0, 0.05) is 12.1 Å². The van der Waals surface area contributed by atoms with Gasteiger partial charge in [-0.25, -0.2) is 0 Å². The van der Waals surface area contributed by atoms with Crippen LogP contribution in [0, 0.1) is 0 Å². The number of ether oxygens (including phenoxy) is 1. The van der Waals surface area contributed by atoms with Gasteiger partial charge < -0.3 is 21.1 Å². The molecule has 2 aromatic rings. The van der Waals surface area contributed by atoms with Crippen LogP contribution in [0.25, 0.3) is 0 Å². The summed E-state index contributed by atoms with van der Waals surface area (Å²) in [6.45, 7) is 1.86. The molecule has 1 aliphatic rings. The summed E-state index contributed by atoms with van der Waals surface area (Å²) in [6, 6.07) is 14.3. The summed E-state index contributed by atoms with van der Waals surface area (Å²) in [5.41, 5.74) is 7.55. The summed E-state index contributed by atoms with van der Waals surface area (Å²) >= 11 is 0. The molecule has 3 rings (SSSR count). The van der Waals surface area contributed by atoms with E-state index in [1.54, 1.807) is 24.3 Å². The second-order valence-corrected chi connectivity index (χ2v) is 5.30. The van der Waals surface area contributed by atoms with Crippen LogP contribution in [0.15, 0.2) is 48.5 Å². The summed E-state index contributed by atoms with van der Waals surface area (Å²) in [7, 11) is 0. The maximum Gasteiger partial charge on any atom is 0.255 e. The Morgan fingerprint density at radius 3 is 2.64 bits per heavy atom. The molecule has 0 bridgehead atoms. The summed E-state index contributed by atoms with van der Waals surface area (Å²) in [4.78, 5) is 12.2. The number of nitrogen functional groups attached to an aromatic ring is 1. The van der Waals surface area contributed by atoms with Crippen LogP contribution in [-0.4, -0.2) is 25.1 Å². The van der Waals surface area contributed by atoms with Crippen molar-refractivity contribution in [1.82, 2.24) is 5.32 Å². The molecule has 1 saturated heterocycles. The number of amides is 1. The van der Waals surface area contributed by atoms with E-state index in [4.69, 9.17) is 10.5 Å². The Bertz CT molecular complexity index is 649. The monoisotopic (exact) mass is 297 g/mol. The number of carbonyl (C=O) groups is 1. The number of hydrogen-bond donors (Lipinski definition) is 3. The van der Waals surface area contributed by atoms with Crippen LogP contribution in [-0.2, 0) is 0 Å². The van der Waals surface area contributed by atoms with Gasteiger partial charge in [0.2, 0.25) is 0 Å². The summed E-state index contributed by atoms with van der Waals surface area (Å²) in [5.74, 6) is 0.594. The molecular weight excluding hydrogens is 278 g/mol. The van der Waals surface area contributed by atoms with Gasteiger partial charge in [0.1, 0.15) is 11.9 Å². The second-order valence-electron chi connectivity index (χ2n) is 5.30. The van der Waals surface area contributed by atoms with E-state index in [2.05, 4.69) is 10.6 Å². The Balaban J connectivity index is 1.64. The lowest BCUT2D eigenvalue weighted by atomic mass is 10.2. The minimum atomic E-state index is -0.188. The second kappa shape index (κ2) is 6.49. The molecule has 5 nitrogen and oxygen atoms in total. The number of carbonyl (C=O) groups excluding carboxylic acids is 1. The standard InChI is InChI=1S/C17H19N3O2/c18-15-3-1-2-4-16(15)20-17(21)12-5-7-13(8-6-12)22-14-9-10-19-11-14/h1-8,14,19H,9-11,18H2,(H,20,21)/t14-/m0/s1. The molecule has 1 fully saturated rings. The van der Waals surface area contributed by atoms with Crippen LogP contribution in [0.3, 0.4) is 0 Å². The first-order valence-corrected chi connectivity index (χ1v) is 7.35. The molecule has 1 aliphatic heterocycles. The number of nitrogens with one attached hydrogen (secondary N) is 2. The lowest BCUT2D eigenvalue weighted by Gasteiger charge is -2.13. The largest absolute Gasteiger partial charge is 0.489 e.